The van der Waals surface area contributed by atoms with Gasteiger partial charge in [0.05, 0.1) is 0 Å². The van der Waals surface area contributed by atoms with E-state index in [2.05, 4.69) is 37.9 Å². The fourth-order valence-corrected chi connectivity index (χ4v) is 2.25. The number of carboxylic acid groups (broad SMARTS) is 1. The quantitative estimate of drug-likeness (QED) is 0.754. The summed E-state index contributed by atoms with van der Waals surface area (Å²) < 4.78 is 0. The maximum absolute atomic E-state index is 12.2. The molecule has 0 heterocycles. The molecule has 0 saturated heterocycles. The van der Waals surface area contributed by atoms with Crippen LogP contribution < -0.4 is 5.32 Å². The maximum atomic E-state index is 12.2. The zero-order valence-corrected chi connectivity index (χ0v) is 14.4. The number of carbonyl (C=O) groups is 2. The van der Waals surface area contributed by atoms with Crippen LogP contribution in [0, 0.1) is 0 Å². The summed E-state index contributed by atoms with van der Waals surface area (Å²) >= 11 is 0. The molecule has 0 spiro atoms. The first-order valence-electron chi connectivity index (χ1n) is 7.49. The SMILES string of the molecule is CC(C)N(CCNC(=O)N(CC(=O)O)C(C)(C)C)C(C)C. The third kappa shape index (κ3) is 7.32. The van der Waals surface area contributed by atoms with Crippen LogP contribution in [0.1, 0.15) is 48.5 Å². The zero-order valence-electron chi connectivity index (χ0n) is 14.4. The highest BCUT2D eigenvalue weighted by atomic mass is 16.4. The van der Waals surface area contributed by atoms with E-state index in [1.807, 2.05) is 20.8 Å². The number of nitrogens with zero attached hydrogens (tertiary/aromatic N) is 2. The number of carbonyl (C=O) groups excluding carboxylic acids is 1. The van der Waals surface area contributed by atoms with E-state index in [4.69, 9.17) is 5.11 Å². The Bertz CT molecular complexity index is 341. The fraction of sp³-hybridized carbons (Fsp3) is 0.867. The number of nitrogens with one attached hydrogen (secondary N) is 1. The first-order valence-corrected chi connectivity index (χ1v) is 7.49. The molecule has 0 aliphatic heterocycles. The van der Waals surface area contributed by atoms with Crippen LogP contribution in [0.5, 0.6) is 0 Å². The lowest BCUT2D eigenvalue weighted by Crippen LogP contribution is -2.53. The van der Waals surface area contributed by atoms with Crippen LogP contribution in [-0.4, -0.2) is 64.2 Å². The molecular weight excluding hydrogens is 270 g/mol. The largest absolute Gasteiger partial charge is 0.480 e. The number of amides is 2. The predicted molar refractivity (Wildman–Crippen MR) is 84.5 cm³/mol. The van der Waals surface area contributed by atoms with Crippen LogP contribution in [-0.2, 0) is 4.79 Å². The monoisotopic (exact) mass is 301 g/mol. The molecule has 0 aliphatic rings. The number of carboxylic acids is 1. The van der Waals surface area contributed by atoms with E-state index in [0.717, 1.165) is 6.54 Å². The molecule has 6 nitrogen and oxygen atoms in total. The van der Waals surface area contributed by atoms with Crippen molar-refractivity contribution in [2.45, 2.75) is 66.1 Å². The van der Waals surface area contributed by atoms with Crippen molar-refractivity contribution in [2.24, 2.45) is 0 Å². The second-order valence-corrected chi connectivity index (χ2v) is 6.81. The molecule has 0 rings (SSSR count). The summed E-state index contributed by atoms with van der Waals surface area (Å²) in [6.45, 7) is 14.9. The number of hydrogen-bond acceptors (Lipinski definition) is 3. The average Bonchev–Trinajstić information content (AvgIpc) is 2.28. The molecule has 6 heteroatoms. The fourth-order valence-electron chi connectivity index (χ4n) is 2.25. The van der Waals surface area contributed by atoms with Crippen molar-refractivity contribution in [1.29, 1.82) is 0 Å². The third-order valence-corrected chi connectivity index (χ3v) is 3.32. The van der Waals surface area contributed by atoms with Crippen LogP contribution in [0.15, 0.2) is 0 Å². The van der Waals surface area contributed by atoms with Gasteiger partial charge in [0.25, 0.3) is 0 Å². The van der Waals surface area contributed by atoms with Crippen LogP contribution in [0.3, 0.4) is 0 Å². The highest BCUT2D eigenvalue weighted by molar-refractivity contribution is 5.80. The topological polar surface area (TPSA) is 72.9 Å². The first kappa shape index (κ1) is 19.7. The van der Waals surface area contributed by atoms with Gasteiger partial charge >= 0.3 is 12.0 Å². The van der Waals surface area contributed by atoms with E-state index >= 15 is 0 Å². The molecule has 0 saturated carbocycles. The van der Waals surface area contributed by atoms with Crippen molar-refractivity contribution in [3.63, 3.8) is 0 Å². The molecule has 2 N–H and O–H groups in total. The second kappa shape index (κ2) is 8.22. The lowest BCUT2D eigenvalue weighted by Gasteiger charge is -2.35. The summed E-state index contributed by atoms with van der Waals surface area (Å²) in [4.78, 5) is 26.7. The van der Waals surface area contributed by atoms with Gasteiger partial charge in [-0.05, 0) is 48.5 Å². The molecule has 0 aromatic rings. The summed E-state index contributed by atoms with van der Waals surface area (Å²) in [5.74, 6) is -1.01. The number of aliphatic carboxylic acids is 1. The van der Waals surface area contributed by atoms with Gasteiger partial charge in [-0.25, -0.2) is 4.79 Å². The molecule has 124 valence electrons. The number of rotatable bonds is 7. The van der Waals surface area contributed by atoms with Crippen LogP contribution in [0.4, 0.5) is 4.79 Å². The van der Waals surface area contributed by atoms with Gasteiger partial charge in [-0.1, -0.05) is 0 Å². The van der Waals surface area contributed by atoms with Crippen molar-refractivity contribution in [3.8, 4) is 0 Å². The van der Waals surface area contributed by atoms with Gasteiger partial charge in [-0.3, -0.25) is 9.69 Å². The molecular formula is C15H31N3O3. The van der Waals surface area contributed by atoms with Gasteiger partial charge in [0, 0.05) is 30.7 Å². The minimum atomic E-state index is -1.01. The van der Waals surface area contributed by atoms with Gasteiger partial charge in [0.1, 0.15) is 6.54 Å². The Morgan fingerprint density at radius 3 is 1.90 bits per heavy atom. The molecule has 0 aliphatic carbocycles. The Hall–Kier alpha value is -1.30. The molecule has 21 heavy (non-hydrogen) atoms. The lowest BCUT2D eigenvalue weighted by atomic mass is 10.1. The summed E-state index contributed by atoms with van der Waals surface area (Å²) in [5, 5.41) is 11.7. The van der Waals surface area contributed by atoms with E-state index in [1.54, 1.807) is 0 Å². The Morgan fingerprint density at radius 2 is 1.57 bits per heavy atom. The van der Waals surface area contributed by atoms with E-state index in [0.29, 0.717) is 18.6 Å². The van der Waals surface area contributed by atoms with Crippen molar-refractivity contribution < 1.29 is 14.7 Å². The Balaban J connectivity index is 4.54. The summed E-state index contributed by atoms with van der Waals surface area (Å²) in [6.07, 6.45) is 0. The molecule has 0 bridgehead atoms. The van der Waals surface area contributed by atoms with Crippen molar-refractivity contribution in [1.82, 2.24) is 15.1 Å². The van der Waals surface area contributed by atoms with Gasteiger partial charge in [0.15, 0.2) is 0 Å². The third-order valence-electron chi connectivity index (χ3n) is 3.32. The highest BCUT2D eigenvalue weighted by Gasteiger charge is 2.28. The van der Waals surface area contributed by atoms with Crippen molar-refractivity contribution >= 4 is 12.0 Å². The normalized spacial score (nSPS) is 12.1. The maximum Gasteiger partial charge on any atom is 0.323 e. The minimum absolute atomic E-state index is 0.298. The molecule has 0 atom stereocenters. The molecule has 0 unspecified atom stereocenters. The minimum Gasteiger partial charge on any atom is -0.480 e. The van der Waals surface area contributed by atoms with Gasteiger partial charge < -0.3 is 15.3 Å². The lowest BCUT2D eigenvalue weighted by molar-refractivity contribution is -0.138. The summed E-state index contributed by atoms with van der Waals surface area (Å²) in [7, 11) is 0. The standard InChI is InChI=1S/C15H31N3O3/c1-11(2)17(12(3)4)9-8-16-14(21)18(10-13(19)20)15(5,6)7/h11-12H,8-10H2,1-7H3,(H,16,21)(H,19,20). The Labute approximate surface area is 128 Å². The molecule has 2 amide bonds. The zero-order chi connectivity index (χ0) is 16.8. The van der Waals surface area contributed by atoms with Gasteiger partial charge in [-0.2, -0.15) is 0 Å². The van der Waals surface area contributed by atoms with Gasteiger partial charge in [-0.15, -0.1) is 0 Å². The molecule has 0 aromatic heterocycles. The molecule has 0 aromatic carbocycles. The van der Waals surface area contributed by atoms with E-state index < -0.39 is 11.5 Å². The van der Waals surface area contributed by atoms with E-state index in [-0.39, 0.29) is 12.6 Å². The average molecular weight is 301 g/mol. The summed E-state index contributed by atoms with van der Waals surface area (Å²) in [5.41, 5.74) is -0.530. The van der Waals surface area contributed by atoms with E-state index in [9.17, 15) is 9.59 Å². The molecule has 0 fully saturated rings. The second-order valence-electron chi connectivity index (χ2n) is 6.81. The van der Waals surface area contributed by atoms with Crippen LogP contribution in [0.25, 0.3) is 0 Å². The highest BCUT2D eigenvalue weighted by Crippen LogP contribution is 2.13. The van der Waals surface area contributed by atoms with Crippen LogP contribution >= 0.6 is 0 Å². The Morgan fingerprint density at radius 1 is 1.10 bits per heavy atom. The first-order chi connectivity index (χ1) is 9.46. The summed E-state index contributed by atoms with van der Waals surface area (Å²) in [6, 6.07) is 0.469. The number of urea groups is 1. The van der Waals surface area contributed by atoms with Crippen molar-refractivity contribution in [2.75, 3.05) is 19.6 Å². The Kier molecular flexibility index (Phi) is 7.71. The van der Waals surface area contributed by atoms with Crippen LogP contribution in [0.2, 0.25) is 0 Å². The smallest absolute Gasteiger partial charge is 0.323 e. The van der Waals surface area contributed by atoms with Gasteiger partial charge in [0.2, 0.25) is 0 Å². The van der Waals surface area contributed by atoms with Crippen molar-refractivity contribution in [3.05, 3.63) is 0 Å². The molecule has 0 radical (unpaired) electrons. The van der Waals surface area contributed by atoms with E-state index in [1.165, 1.54) is 4.90 Å². The number of hydrogen-bond donors (Lipinski definition) is 2. The predicted octanol–water partition coefficient (Wildman–Crippen LogP) is 2.00.